The Morgan fingerprint density at radius 2 is 2.11 bits per heavy atom. The van der Waals surface area contributed by atoms with Crippen molar-refractivity contribution in [1.29, 1.82) is 0 Å². The van der Waals surface area contributed by atoms with Crippen LogP contribution in [0, 0.1) is 0 Å². The molecule has 1 fully saturated rings. The predicted octanol–water partition coefficient (Wildman–Crippen LogP) is -0.482. The van der Waals surface area contributed by atoms with Crippen molar-refractivity contribution in [3.63, 3.8) is 0 Å². The standard InChI is InChI=1S/C12H25NO5S/c1-10-9-19(15,16)5-4-13(10)6-12(14)8-18-11(2)7-17-3/h10-12,14H,4-9H2,1-3H3. The molecule has 0 aliphatic carbocycles. The van der Waals surface area contributed by atoms with Crippen molar-refractivity contribution in [3.05, 3.63) is 0 Å². The van der Waals surface area contributed by atoms with Crippen molar-refractivity contribution in [1.82, 2.24) is 4.90 Å². The van der Waals surface area contributed by atoms with Gasteiger partial charge >= 0.3 is 0 Å². The summed E-state index contributed by atoms with van der Waals surface area (Å²) in [5, 5.41) is 9.91. The second kappa shape index (κ2) is 7.54. The van der Waals surface area contributed by atoms with E-state index in [0.717, 1.165) is 0 Å². The summed E-state index contributed by atoms with van der Waals surface area (Å²) in [5.41, 5.74) is 0. The molecule has 1 aliphatic rings. The van der Waals surface area contributed by atoms with Gasteiger partial charge in [0.05, 0.1) is 36.9 Å². The molecule has 0 spiro atoms. The second-order valence-corrected chi connectivity index (χ2v) is 7.44. The fourth-order valence-corrected chi connectivity index (χ4v) is 3.81. The number of rotatable bonds is 7. The average molecular weight is 295 g/mol. The van der Waals surface area contributed by atoms with Gasteiger partial charge < -0.3 is 14.6 Å². The minimum atomic E-state index is -2.90. The van der Waals surface area contributed by atoms with Crippen LogP contribution < -0.4 is 0 Å². The van der Waals surface area contributed by atoms with Crippen molar-refractivity contribution >= 4 is 9.84 Å². The molecule has 0 saturated carbocycles. The number of ether oxygens (including phenoxy) is 2. The number of sulfone groups is 1. The third kappa shape index (κ3) is 6.18. The highest BCUT2D eigenvalue weighted by Crippen LogP contribution is 2.12. The molecule has 0 amide bonds. The Morgan fingerprint density at radius 3 is 2.68 bits per heavy atom. The molecule has 0 aromatic rings. The maximum Gasteiger partial charge on any atom is 0.153 e. The molecule has 7 heteroatoms. The molecule has 1 saturated heterocycles. The van der Waals surface area contributed by atoms with Gasteiger partial charge in [-0.3, -0.25) is 4.90 Å². The van der Waals surface area contributed by atoms with E-state index in [4.69, 9.17) is 9.47 Å². The van der Waals surface area contributed by atoms with Crippen molar-refractivity contribution in [2.75, 3.05) is 44.9 Å². The molecule has 3 atom stereocenters. The maximum absolute atomic E-state index is 11.5. The molecule has 1 aliphatic heterocycles. The van der Waals surface area contributed by atoms with Crippen molar-refractivity contribution in [2.45, 2.75) is 32.1 Å². The number of methoxy groups -OCH3 is 1. The Hall–Kier alpha value is -0.210. The fraction of sp³-hybridized carbons (Fsp3) is 1.00. The molecule has 0 radical (unpaired) electrons. The van der Waals surface area contributed by atoms with Crippen LogP contribution in [0.4, 0.5) is 0 Å². The molecule has 1 N–H and O–H groups in total. The zero-order valence-corrected chi connectivity index (χ0v) is 12.7. The third-order valence-electron chi connectivity index (χ3n) is 3.23. The summed E-state index contributed by atoms with van der Waals surface area (Å²) in [7, 11) is -1.30. The minimum Gasteiger partial charge on any atom is -0.389 e. The van der Waals surface area contributed by atoms with Crippen LogP contribution in [0.3, 0.4) is 0 Å². The molecular formula is C12H25NO5S. The summed E-state index contributed by atoms with van der Waals surface area (Å²) >= 11 is 0. The molecule has 6 nitrogen and oxygen atoms in total. The van der Waals surface area contributed by atoms with E-state index in [-0.39, 0.29) is 30.3 Å². The lowest BCUT2D eigenvalue weighted by molar-refractivity contribution is -0.0415. The molecule has 114 valence electrons. The largest absolute Gasteiger partial charge is 0.389 e. The average Bonchev–Trinajstić information content (AvgIpc) is 2.30. The summed E-state index contributed by atoms with van der Waals surface area (Å²) in [5.74, 6) is 0.339. The van der Waals surface area contributed by atoms with E-state index in [1.807, 2.05) is 18.7 Å². The third-order valence-corrected chi connectivity index (χ3v) is 5.02. The lowest BCUT2D eigenvalue weighted by atomic mass is 10.2. The normalized spacial score (nSPS) is 27.1. The van der Waals surface area contributed by atoms with Crippen molar-refractivity contribution in [2.24, 2.45) is 0 Å². The Kier molecular flexibility index (Phi) is 6.68. The van der Waals surface area contributed by atoms with Gasteiger partial charge in [0, 0.05) is 26.2 Å². The summed E-state index contributed by atoms with van der Waals surface area (Å²) in [6, 6.07) is -0.0511. The van der Waals surface area contributed by atoms with Crippen LogP contribution in [0.2, 0.25) is 0 Å². The van der Waals surface area contributed by atoms with E-state index in [0.29, 0.717) is 19.7 Å². The van der Waals surface area contributed by atoms with Crippen LogP contribution >= 0.6 is 0 Å². The van der Waals surface area contributed by atoms with E-state index >= 15 is 0 Å². The molecule has 1 rings (SSSR count). The van der Waals surface area contributed by atoms with Gasteiger partial charge in [0.2, 0.25) is 0 Å². The minimum absolute atomic E-state index is 0.0511. The predicted molar refractivity (Wildman–Crippen MR) is 73.0 cm³/mol. The van der Waals surface area contributed by atoms with Crippen LogP contribution in [0.25, 0.3) is 0 Å². The first kappa shape index (κ1) is 16.8. The highest BCUT2D eigenvalue weighted by molar-refractivity contribution is 7.91. The number of hydrogen-bond donors (Lipinski definition) is 1. The topological polar surface area (TPSA) is 76.1 Å². The monoisotopic (exact) mass is 295 g/mol. The lowest BCUT2D eigenvalue weighted by Crippen LogP contribution is -2.50. The van der Waals surface area contributed by atoms with Crippen LogP contribution in [0.5, 0.6) is 0 Å². The number of hydrogen-bond acceptors (Lipinski definition) is 6. The summed E-state index contributed by atoms with van der Waals surface area (Å²) in [6.45, 7) is 5.40. The Labute approximate surface area is 115 Å². The quantitative estimate of drug-likeness (QED) is 0.683. The summed E-state index contributed by atoms with van der Waals surface area (Å²) in [6.07, 6.45) is -0.665. The van der Waals surface area contributed by atoms with Gasteiger partial charge in [-0.25, -0.2) is 8.42 Å². The van der Waals surface area contributed by atoms with Gasteiger partial charge in [0.15, 0.2) is 9.84 Å². The molecule has 19 heavy (non-hydrogen) atoms. The molecule has 1 heterocycles. The van der Waals surface area contributed by atoms with Gasteiger partial charge in [-0.1, -0.05) is 0 Å². The van der Waals surface area contributed by atoms with Crippen LogP contribution in [0.1, 0.15) is 13.8 Å². The molecule has 0 bridgehead atoms. The van der Waals surface area contributed by atoms with Gasteiger partial charge in [-0.05, 0) is 13.8 Å². The zero-order chi connectivity index (χ0) is 14.5. The summed E-state index contributed by atoms with van der Waals surface area (Å²) in [4.78, 5) is 2.00. The maximum atomic E-state index is 11.5. The molecule has 3 unspecified atom stereocenters. The van der Waals surface area contributed by atoms with Crippen molar-refractivity contribution < 1.29 is 23.0 Å². The first-order chi connectivity index (χ1) is 8.84. The van der Waals surface area contributed by atoms with E-state index in [1.165, 1.54) is 0 Å². The molecule has 0 aromatic heterocycles. The first-order valence-corrected chi connectivity index (χ1v) is 8.39. The smallest absolute Gasteiger partial charge is 0.153 e. The van der Waals surface area contributed by atoms with E-state index in [2.05, 4.69) is 0 Å². The molecular weight excluding hydrogens is 270 g/mol. The first-order valence-electron chi connectivity index (χ1n) is 6.57. The van der Waals surface area contributed by atoms with Gasteiger partial charge in [-0.2, -0.15) is 0 Å². The number of nitrogens with zero attached hydrogens (tertiary/aromatic N) is 1. The SMILES string of the molecule is COCC(C)OCC(O)CN1CCS(=O)(=O)CC1C. The Bertz CT molecular complexity index is 359. The second-order valence-electron chi connectivity index (χ2n) is 5.21. The Balaban J connectivity index is 2.30. The fourth-order valence-electron chi connectivity index (χ4n) is 2.19. The number of β-amino-alcohol motifs (C(OH)–C–C–N with tert-alkyl or cyclic N) is 1. The van der Waals surface area contributed by atoms with E-state index in [9.17, 15) is 13.5 Å². The van der Waals surface area contributed by atoms with E-state index in [1.54, 1.807) is 7.11 Å². The highest BCUT2D eigenvalue weighted by atomic mass is 32.2. The van der Waals surface area contributed by atoms with Gasteiger partial charge in [0.1, 0.15) is 0 Å². The van der Waals surface area contributed by atoms with Crippen LogP contribution in [-0.2, 0) is 19.3 Å². The number of aliphatic hydroxyl groups excluding tert-OH is 1. The van der Waals surface area contributed by atoms with E-state index < -0.39 is 15.9 Å². The van der Waals surface area contributed by atoms with Gasteiger partial charge in [-0.15, -0.1) is 0 Å². The Morgan fingerprint density at radius 1 is 1.42 bits per heavy atom. The van der Waals surface area contributed by atoms with Crippen LogP contribution in [0.15, 0.2) is 0 Å². The highest BCUT2D eigenvalue weighted by Gasteiger charge is 2.29. The molecule has 0 aromatic carbocycles. The number of aliphatic hydroxyl groups is 1. The van der Waals surface area contributed by atoms with Crippen LogP contribution in [-0.4, -0.2) is 81.6 Å². The van der Waals surface area contributed by atoms with Crippen molar-refractivity contribution in [3.8, 4) is 0 Å². The van der Waals surface area contributed by atoms with Gasteiger partial charge in [0.25, 0.3) is 0 Å². The summed E-state index contributed by atoms with van der Waals surface area (Å²) < 4.78 is 33.3. The lowest BCUT2D eigenvalue weighted by Gasteiger charge is -2.34. The zero-order valence-electron chi connectivity index (χ0n) is 11.9.